The van der Waals surface area contributed by atoms with E-state index in [1.54, 1.807) is 0 Å². The van der Waals surface area contributed by atoms with Crippen molar-refractivity contribution >= 4 is 0 Å². The smallest absolute Gasteiger partial charge is 0.0313 e. The van der Waals surface area contributed by atoms with E-state index in [-0.39, 0.29) is 0 Å². The molecule has 0 aliphatic heterocycles. The molecule has 1 unspecified atom stereocenters. The molecule has 0 fully saturated rings. The average Bonchev–Trinajstić information content (AvgIpc) is 2.38. The van der Waals surface area contributed by atoms with Gasteiger partial charge in [0.2, 0.25) is 0 Å². The summed E-state index contributed by atoms with van der Waals surface area (Å²) in [6.45, 7) is 4.38. The Bertz CT molecular complexity index is 511. The number of aryl methyl sites for hydroxylation is 1. The lowest BCUT2D eigenvalue weighted by Gasteiger charge is -2.20. The van der Waals surface area contributed by atoms with Crippen LogP contribution < -0.4 is 0 Å². The van der Waals surface area contributed by atoms with E-state index < -0.39 is 0 Å². The van der Waals surface area contributed by atoms with Crippen molar-refractivity contribution in [2.45, 2.75) is 19.9 Å². The third-order valence-electron chi connectivity index (χ3n) is 3.62. The molecule has 2 aromatic carbocycles. The molecule has 0 aromatic heterocycles. The molecule has 0 aliphatic carbocycles. The first-order valence-corrected chi connectivity index (χ1v) is 6.42. The van der Waals surface area contributed by atoms with Crippen LogP contribution in [0.3, 0.4) is 0 Å². The van der Waals surface area contributed by atoms with Crippen LogP contribution in [-0.4, -0.2) is 19.0 Å². The highest BCUT2D eigenvalue weighted by molar-refractivity contribution is 5.67. The van der Waals surface area contributed by atoms with Crippen LogP contribution in [0.5, 0.6) is 0 Å². The van der Waals surface area contributed by atoms with Crippen molar-refractivity contribution in [1.29, 1.82) is 0 Å². The van der Waals surface area contributed by atoms with E-state index in [1.807, 2.05) is 0 Å². The molecule has 1 atom stereocenters. The van der Waals surface area contributed by atoms with Gasteiger partial charge in [-0.2, -0.15) is 0 Å². The van der Waals surface area contributed by atoms with Crippen LogP contribution in [0.15, 0.2) is 48.5 Å². The Morgan fingerprint density at radius 2 is 1.50 bits per heavy atom. The van der Waals surface area contributed by atoms with Crippen molar-refractivity contribution in [1.82, 2.24) is 4.90 Å². The van der Waals surface area contributed by atoms with E-state index in [4.69, 9.17) is 0 Å². The average molecular weight is 239 g/mol. The van der Waals surface area contributed by atoms with E-state index in [0.29, 0.717) is 6.04 Å². The van der Waals surface area contributed by atoms with Crippen LogP contribution in [-0.2, 0) is 0 Å². The monoisotopic (exact) mass is 239 g/mol. The van der Waals surface area contributed by atoms with Crippen LogP contribution in [0, 0.1) is 6.92 Å². The van der Waals surface area contributed by atoms with Gasteiger partial charge in [0.1, 0.15) is 0 Å². The topological polar surface area (TPSA) is 3.24 Å². The Balaban J connectivity index is 2.31. The summed E-state index contributed by atoms with van der Waals surface area (Å²) in [5.41, 5.74) is 5.30. The Hall–Kier alpha value is -1.60. The minimum Gasteiger partial charge on any atom is -0.303 e. The maximum atomic E-state index is 2.23. The van der Waals surface area contributed by atoms with E-state index in [0.717, 1.165) is 0 Å². The Morgan fingerprint density at radius 1 is 0.889 bits per heavy atom. The van der Waals surface area contributed by atoms with Crippen molar-refractivity contribution in [3.05, 3.63) is 59.7 Å². The summed E-state index contributed by atoms with van der Waals surface area (Å²) in [4.78, 5) is 2.22. The first-order chi connectivity index (χ1) is 8.59. The van der Waals surface area contributed by atoms with Gasteiger partial charge in [-0.15, -0.1) is 0 Å². The molecule has 2 rings (SSSR count). The maximum Gasteiger partial charge on any atom is 0.0313 e. The molecule has 0 saturated heterocycles. The van der Waals surface area contributed by atoms with Crippen LogP contribution in [0.25, 0.3) is 11.1 Å². The molecule has 0 radical (unpaired) electrons. The molecule has 2 aromatic rings. The second-order valence-electron chi connectivity index (χ2n) is 5.08. The third-order valence-corrected chi connectivity index (χ3v) is 3.62. The van der Waals surface area contributed by atoms with Gasteiger partial charge in [-0.25, -0.2) is 0 Å². The van der Waals surface area contributed by atoms with Gasteiger partial charge < -0.3 is 4.90 Å². The van der Waals surface area contributed by atoms with Gasteiger partial charge in [-0.05, 0) is 50.2 Å². The van der Waals surface area contributed by atoms with Crippen molar-refractivity contribution in [2.24, 2.45) is 0 Å². The molecule has 1 heteroatoms. The van der Waals surface area contributed by atoms with Gasteiger partial charge in [-0.3, -0.25) is 0 Å². The zero-order valence-corrected chi connectivity index (χ0v) is 11.6. The quantitative estimate of drug-likeness (QED) is 0.772. The molecule has 94 valence electrons. The minimum atomic E-state index is 0.455. The standard InChI is InChI=1S/C17H21N/c1-13-7-5-6-8-17(13)16-11-9-15(10-12-16)14(2)18(3)4/h5-12,14H,1-4H3. The van der Waals surface area contributed by atoms with E-state index >= 15 is 0 Å². The fraction of sp³-hybridized carbons (Fsp3) is 0.294. The van der Waals surface area contributed by atoms with Crippen LogP contribution in [0.2, 0.25) is 0 Å². The summed E-state index contributed by atoms with van der Waals surface area (Å²) < 4.78 is 0. The van der Waals surface area contributed by atoms with Gasteiger partial charge in [0, 0.05) is 6.04 Å². The fourth-order valence-corrected chi connectivity index (χ4v) is 2.14. The first kappa shape index (κ1) is 12.8. The predicted octanol–water partition coefficient (Wildman–Crippen LogP) is 4.28. The lowest BCUT2D eigenvalue weighted by Crippen LogP contribution is -2.16. The first-order valence-electron chi connectivity index (χ1n) is 6.42. The minimum absolute atomic E-state index is 0.455. The van der Waals surface area contributed by atoms with E-state index in [1.165, 1.54) is 22.3 Å². The molecular weight excluding hydrogens is 218 g/mol. The molecule has 0 N–H and O–H groups in total. The summed E-state index contributed by atoms with van der Waals surface area (Å²) in [7, 11) is 4.22. The summed E-state index contributed by atoms with van der Waals surface area (Å²) in [6, 6.07) is 17.9. The number of nitrogens with zero attached hydrogens (tertiary/aromatic N) is 1. The molecule has 0 saturated carbocycles. The third kappa shape index (κ3) is 2.62. The second-order valence-corrected chi connectivity index (χ2v) is 5.08. The van der Waals surface area contributed by atoms with Crippen LogP contribution in [0.4, 0.5) is 0 Å². The molecule has 0 spiro atoms. The second kappa shape index (κ2) is 5.36. The van der Waals surface area contributed by atoms with Gasteiger partial charge in [0.05, 0.1) is 0 Å². The molecule has 0 heterocycles. The highest BCUT2D eigenvalue weighted by atomic mass is 15.1. The maximum absolute atomic E-state index is 2.23. The lowest BCUT2D eigenvalue weighted by atomic mass is 9.98. The molecule has 0 amide bonds. The zero-order valence-electron chi connectivity index (χ0n) is 11.6. The number of rotatable bonds is 3. The molecule has 0 bridgehead atoms. The number of hydrogen-bond acceptors (Lipinski definition) is 1. The lowest BCUT2D eigenvalue weighted by molar-refractivity contribution is 0.321. The van der Waals surface area contributed by atoms with Crippen LogP contribution in [0.1, 0.15) is 24.1 Å². The SMILES string of the molecule is Cc1ccccc1-c1ccc(C(C)N(C)C)cc1. The molecule has 18 heavy (non-hydrogen) atoms. The van der Waals surface area contributed by atoms with Crippen molar-refractivity contribution in [3.8, 4) is 11.1 Å². The van der Waals surface area contributed by atoms with Gasteiger partial charge in [0.15, 0.2) is 0 Å². The predicted molar refractivity (Wildman–Crippen MR) is 78.7 cm³/mol. The zero-order chi connectivity index (χ0) is 13.1. The fourth-order valence-electron chi connectivity index (χ4n) is 2.14. The van der Waals surface area contributed by atoms with E-state index in [2.05, 4.69) is 81.4 Å². The van der Waals surface area contributed by atoms with Crippen molar-refractivity contribution in [2.75, 3.05) is 14.1 Å². The van der Waals surface area contributed by atoms with Gasteiger partial charge in [-0.1, -0.05) is 48.5 Å². The highest BCUT2D eigenvalue weighted by Crippen LogP contribution is 2.25. The summed E-state index contributed by atoms with van der Waals surface area (Å²) in [5.74, 6) is 0. The summed E-state index contributed by atoms with van der Waals surface area (Å²) in [5, 5.41) is 0. The van der Waals surface area contributed by atoms with Gasteiger partial charge >= 0.3 is 0 Å². The summed E-state index contributed by atoms with van der Waals surface area (Å²) in [6.07, 6.45) is 0. The van der Waals surface area contributed by atoms with E-state index in [9.17, 15) is 0 Å². The number of benzene rings is 2. The summed E-state index contributed by atoms with van der Waals surface area (Å²) >= 11 is 0. The Kier molecular flexibility index (Phi) is 3.83. The Labute approximate surface area is 110 Å². The highest BCUT2D eigenvalue weighted by Gasteiger charge is 2.08. The van der Waals surface area contributed by atoms with Crippen molar-refractivity contribution in [3.63, 3.8) is 0 Å². The molecule has 0 aliphatic rings. The van der Waals surface area contributed by atoms with Crippen molar-refractivity contribution < 1.29 is 0 Å². The number of hydrogen-bond donors (Lipinski definition) is 0. The Morgan fingerprint density at radius 3 is 2.06 bits per heavy atom. The van der Waals surface area contributed by atoms with Gasteiger partial charge in [0.25, 0.3) is 0 Å². The normalized spacial score (nSPS) is 12.7. The molecular formula is C17H21N. The largest absolute Gasteiger partial charge is 0.303 e. The van der Waals surface area contributed by atoms with Crippen LogP contribution >= 0.6 is 0 Å². The molecule has 1 nitrogen and oxygen atoms in total.